The van der Waals surface area contributed by atoms with E-state index in [0.717, 1.165) is 5.56 Å². The molecule has 3 aromatic carbocycles. The molecule has 1 N–H and O–H groups in total. The van der Waals surface area contributed by atoms with Crippen molar-refractivity contribution in [1.29, 1.82) is 0 Å². The number of aryl methyl sites for hydroxylation is 1. The molecule has 0 spiro atoms. The second-order valence-corrected chi connectivity index (χ2v) is 8.69. The zero-order chi connectivity index (χ0) is 25.1. The van der Waals surface area contributed by atoms with Gasteiger partial charge in [-0.15, -0.1) is 0 Å². The summed E-state index contributed by atoms with van der Waals surface area (Å²) < 4.78 is 25.7. The lowest BCUT2D eigenvalue weighted by molar-refractivity contribution is -0.118. The number of anilines is 2. The van der Waals surface area contributed by atoms with Crippen LogP contribution in [0, 0.1) is 12.7 Å². The van der Waals surface area contributed by atoms with Crippen LogP contribution in [0.4, 0.5) is 15.8 Å². The number of furan rings is 1. The highest BCUT2D eigenvalue weighted by Gasteiger charge is 2.29. The van der Waals surface area contributed by atoms with Crippen LogP contribution in [-0.4, -0.2) is 49.5 Å². The first kappa shape index (κ1) is 23.4. The van der Waals surface area contributed by atoms with Crippen LogP contribution >= 0.6 is 0 Å². The van der Waals surface area contributed by atoms with E-state index in [-0.39, 0.29) is 24.1 Å². The number of halogens is 1. The fourth-order valence-corrected chi connectivity index (χ4v) is 4.35. The summed E-state index contributed by atoms with van der Waals surface area (Å²) in [7, 11) is 0. The number of benzene rings is 3. The van der Waals surface area contributed by atoms with Crippen LogP contribution in [0.1, 0.15) is 16.1 Å². The maximum Gasteiger partial charge on any atom is 0.291 e. The molecule has 0 saturated carbocycles. The summed E-state index contributed by atoms with van der Waals surface area (Å²) in [6.45, 7) is 3.50. The van der Waals surface area contributed by atoms with Crippen LogP contribution in [0.5, 0.6) is 5.75 Å². The van der Waals surface area contributed by atoms with Gasteiger partial charge in [0.1, 0.15) is 22.8 Å². The highest BCUT2D eigenvalue weighted by Crippen LogP contribution is 2.32. The molecule has 0 unspecified atom stereocenters. The second kappa shape index (κ2) is 10.1. The average molecular weight is 488 g/mol. The van der Waals surface area contributed by atoms with Crippen molar-refractivity contribution in [3.63, 3.8) is 0 Å². The number of nitrogens with one attached hydrogen (secondary N) is 1. The lowest BCUT2D eigenvalue weighted by Gasteiger charge is -2.35. The smallest absolute Gasteiger partial charge is 0.291 e. The third kappa shape index (κ3) is 4.88. The first-order valence-electron chi connectivity index (χ1n) is 11.8. The summed E-state index contributed by atoms with van der Waals surface area (Å²) in [4.78, 5) is 29.8. The Morgan fingerprint density at radius 1 is 0.972 bits per heavy atom. The van der Waals surface area contributed by atoms with E-state index < -0.39 is 5.91 Å². The van der Waals surface area contributed by atoms with Gasteiger partial charge in [-0.25, -0.2) is 4.39 Å². The van der Waals surface area contributed by atoms with E-state index in [9.17, 15) is 14.0 Å². The number of ether oxygens (including phenoxy) is 1. The molecule has 2 amide bonds. The molecule has 1 aliphatic rings. The zero-order valence-electron chi connectivity index (χ0n) is 19.9. The summed E-state index contributed by atoms with van der Waals surface area (Å²) in [5.74, 6) is -0.353. The Labute approximate surface area is 208 Å². The molecule has 36 heavy (non-hydrogen) atoms. The topological polar surface area (TPSA) is 75.0 Å². The van der Waals surface area contributed by atoms with Crippen LogP contribution in [0.2, 0.25) is 0 Å². The van der Waals surface area contributed by atoms with Crippen LogP contribution < -0.4 is 15.0 Å². The monoisotopic (exact) mass is 487 g/mol. The molecule has 0 atom stereocenters. The highest BCUT2D eigenvalue weighted by atomic mass is 19.1. The van der Waals surface area contributed by atoms with Crippen molar-refractivity contribution < 1.29 is 23.1 Å². The number of hydrogen-bond donors (Lipinski definition) is 1. The number of nitrogens with zero attached hydrogens (tertiary/aromatic N) is 2. The molecule has 4 aromatic rings. The summed E-state index contributed by atoms with van der Waals surface area (Å²) in [6, 6.07) is 21.2. The third-order valence-electron chi connectivity index (χ3n) is 6.17. The molecule has 1 aromatic heterocycles. The first-order valence-corrected chi connectivity index (χ1v) is 11.8. The summed E-state index contributed by atoms with van der Waals surface area (Å²) in [5.41, 5.74) is 2.37. The van der Waals surface area contributed by atoms with E-state index >= 15 is 0 Å². The molecule has 1 aliphatic heterocycles. The summed E-state index contributed by atoms with van der Waals surface area (Å²) in [5, 5.41) is 3.45. The van der Waals surface area contributed by atoms with Gasteiger partial charge >= 0.3 is 0 Å². The molecule has 8 heteroatoms. The summed E-state index contributed by atoms with van der Waals surface area (Å²) >= 11 is 0. The molecular formula is C28H26FN3O4. The van der Waals surface area contributed by atoms with Gasteiger partial charge in [0.2, 0.25) is 5.76 Å². The largest absolute Gasteiger partial charge is 0.484 e. The van der Waals surface area contributed by atoms with Crippen molar-refractivity contribution in [3.8, 4) is 5.75 Å². The van der Waals surface area contributed by atoms with Crippen molar-refractivity contribution in [1.82, 2.24) is 4.90 Å². The average Bonchev–Trinajstić information content (AvgIpc) is 3.26. The summed E-state index contributed by atoms with van der Waals surface area (Å²) in [6.07, 6.45) is 0. The number of amides is 2. The Morgan fingerprint density at radius 2 is 1.72 bits per heavy atom. The van der Waals surface area contributed by atoms with E-state index in [4.69, 9.17) is 9.15 Å². The van der Waals surface area contributed by atoms with Gasteiger partial charge < -0.3 is 24.3 Å². The van der Waals surface area contributed by atoms with Gasteiger partial charge in [0.05, 0.1) is 5.69 Å². The van der Waals surface area contributed by atoms with E-state index in [1.165, 1.54) is 6.07 Å². The van der Waals surface area contributed by atoms with Crippen molar-refractivity contribution in [2.75, 3.05) is 43.0 Å². The Balaban J connectivity index is 1.31. The molecule has 0 bridgehead atoms. The number of piperazine rings is 1. The van der Waals surface area contributed by atoms with Crippen molar-refractivity contribution >= 4 is 34.2 Å². The van der Waals surface area contributed by atoms with Gasteiger partial charge in [-0.05, 0) is 48.9 Å². The zero-order valence-corrected chi connectivity index (χ0v) is 19.9. The van der Waals surface area contributed by atoms with E-state index in [2.05, 4.69) is 5.32 Å². The van der Waals surface area contributed by atoms with Gasteiger partial charge in [0, 0.05) is 31.6 Å². The fourth-order valence-electron chi connectivity index (χ4n) is 4.35. The fraction of sp³-hybridized carbons (Fsp3) is 0.214. The van der Waals surface area contributed by atoms with E-state index in [1.807, 2.05) is 36.1 Å². The number of carbonyl (C=O) groups is 2. The van der Waals surface area contributed by atoms with E-state index in [1.54, 1.807) is 47.4 Å². The van der Waals surface area contributed by atoms with Crippen LogP contribution in [-0.2, 0) is 4.79 Å². The molecule has 0 aliphatic carbocycles. The number of carbonyl (C=O) groups excluding carboxylic acids is 2. The lowest BCUT2D eigenvalue weighted by atomic mass is 10.2. The van der Waals surface area contributed by atoms with Crippen LogP contribution in [0.15, 0.2) is 77.2 Å². The normalized spacial score (nSPS) is 13.6. The molecule has 1 fully saturated rings. The van der Waals surface area contributed by atoms with Gasteiger partial charge in [0.25, 0.3) is 11.8 Å². The quantitative estimate of drug-likeness (QED) is 0.421. The van der Waals surface area contributed by atoms with Crippen molar-refractivity contribution in [2.24, 2.45) is 0 Å². The third-order valence-corrected chi connectivity index (χ3v) is 6.17. The molecule has 0 radical (unpaired) electrons. The second-order valence-electron chi connectivity index (χ2n) is 8.69. The Kier molecular flexibility index (Phi) is 6.58. The standard InChI is InChI=1S/C28H26FN3O4/c1-19-7-6-8-20(17-19)35-18-25(33)30-26-21-9-2-5-12-24(21)36-27(26)28(34)32-15-13-31(14-16-32)23-11-4-3-10-22(23)29/h2-12,17H,13-16,18H2,1H3,(H,30,33). The van der Waals surface area contributed by atoms with Crippen molar-refractivity contribution in [3.05, 3.63) is 89.9 Å². The highest BCUT2D eigenvalue weighted by molar-refractivity contribution is 6.11. The Bertz CT molecular complexity index is 1410. The van der Waals surface area contributed by atoms with Gasteiger partial charge in [-0.1, -0.05) is 36.4 Å². The maximum atomic E-state index is 14.2. The molecule has 2 heterocycles. The number of hydrogen-bond acceptors (Lipinski definition) is 5. The van der Waals surface area contributed by atoms with Gasteiger partial charge in [0.15, 0.2) is 6.61 Å². The van der Waals surface area contributed by atoms with Crippen molar-refractivity contribution in [2.45, 2.75) is 6.92 Å². The minimum Gasteiger partial charge on any atom is -0.484 e. The Morgan fingerprint density at radius 3 is 2.50 bits per heavy atom. The van der Waals surface area contributed by atoms with Crippen LogP contribution in [0.25, 0.3) is 11.0 Å². The predicted octanol–water partition coefficient (Wildman–Crippen LogP) is 4.86. The van der Waals surface area contributed by atoms with Crippen LogP contribution in [0.3, 0.4) is 0 Å². The lowest BCUT2D eigenvalue weighted by Crippen LogP contribution is -2.49. The molecule has 5 rings (SSSR count). The number of fused-ring (bicyclic) bond motifs is 1. The first-order chi connectivity index (χ1) is 17.5. The minimum atomic E-state index is -0.401. The SMILES string of the molecule is Cc1cccc(OCC(=O)Nc2c(C(=O)N3CCN(c4ccccc4F)CC3)oc3ccccc23)c1. The molecular weight excluding hydrogens is 461 g/mol. The predicted molar refractivity (Wildman–Crippen MR) is 136 cm³/mol. The van der Waals surface area contributed by atoms with Gasteiger partial charge in [-0.2, -0.15) is 0 Å². The number of rotatable bonds is 6. The number of para-hydroxylation sites is 2. The molecule has 184 valence electrons. The Hall–Kier alpha value is -4.33. The maximum absolute atomic E-state index is 14.2. The minimum absolute atomic E-state index is 0.0689. The van der Waals surface area contributed by atoms with Gasteiger partial charge in [-0.3, -0.25) is 9.59 Å². The molecule has 7 nitrogen and oxygen atoms in total. The molecule has 1 saturated heterocycles. The van der Waals surface area contributed by atoms with E-state index in [0.29, 0.717) is 54.3 Å².